The van der Waals surface area contributed by atoms with Crippen LogP contribution < -0.4 is 5.32 Å². The van der Waals surface area contributed by atoms with Crippen molar-refractivity contribution in [3.63, 3.8) is 0 Å². The maximum atomic E-state index is 13.6. The minimum atomic E-state index is -0.884. The number of alkyl halides is 1. The molecule has 1 aliphatic carbocycles. The van der Waals surface area contributed by atoms with E-state index in [0.29, 0.717) is 21.5 Å². The molecule has 0 heterocycles. The average molecular weight is 482 g/mol. The molecule has 1 saturated carbocycles. The summed E-state index contributed by atoms with van der Waals surface area (Å²) in [6, 6.07) is 13.5. The summed E-state index contributed by atoms with van der Waals surface area (Å²) in [6.45, 7) is 2.37. The smallest absolute Gasteiger partial charge is 0.247 e. The molecule has 166 valence electrons. The van der Waals surface area contributed by atoms with Crippen LogP contribution in [0.3, 0.4) is 0 Å². The van der Waals surface area contributed by atoms with Crippen LogP contribution in [0.5, 0.6) is 0 Å². The number of nitrogens with zero attached hydrogens (tertiary/aromatic N) is 1. The highest BCUT2D eigenvalue weighted by Gasteiger charge is 2.34. The molecular formula is C24H27Cl3N2O2. The summed E-state index contributed by atoms with van der Waals surface area (Å²) in [5, 5.41) is 4.23. The third-order valence-corrected chi connectivity index (χ3v) is 6.72. The first-order valence-electron chi connectivity index (χ1n) is 10.6. The second-order valence-electron chi connectivity index (χ2n) is 8.08. The molecule has 0 aromatic heterocycles. The number of amides is 2. The zero-order valence-corrected chi connectivity index (χ0v) is 19.8. The largest absolute Gasteiger partial charge is 0.351 e. The van der Waals surface area contributed by atoms with Gasteiger partial charge in [0, 0.05) is 28.2 Å². The van der Waals surface area contributed by atoms with Gasteiger partial charge in [0.1, 0.15) is 11.9 Å². The normalized spacial score (nSPS) is 19.5. The summed E-state index contributed by atoms with van der Waals surface area (Å²) in [4.78, 5) is 28.0. The maximum absolute atomic E-state index is 13.6. The summed E-state index contributed by atoms with van der Waals surface area (Å²) in [5.74, 6) is -0.424. The third-order valence-electron chi connectivity index (χ3n) is 5.90. The summed E-state index contributed by atoms with van der Waals surface area (Å²) in [5.41, 5.74) is 1.43. The molecule has 31 heavy (non-hydrogen) atoms. The molecule has 0 aliphatic heterocycles. The predicted molar refractivity (Wildman–Crippen MR) is 126 cm³/mol. The lowest BCUT2D eigenvalue weighted by atomic mass is 9.85. The van der Waals surface area contributed by atoms with E-state index in [1.165, 1.54) is 11.3 Å². The Kier molecular flexibility index (Phi) is 8.65. The van der Waals surface area contributed by atoms with E-state index in [1.54, 1.807) is 30.3 Å². The topological polar surface area (TPSA) is 49.4 Å². The van der Waals surface area contributed by atoms with Crippen molar-refractivity contribution in [1.82, 2.24) is 10.2 Å². The standard InChI is InChI=1S/C24H27Cl3N2O2/c1-16-6-2-5-9-21(16)28-24(31)23(19-7-3-4-8-20(19)27)29(22(30)14-25)15-17-10-12-18(26)13-11-17/h3-4,7-8,10-13,16,21,23H,2,5-6,9,14-15H2,1H3,(H,28,31)/t16-,21-,23+/m1/s1. The van der Waals surface area contributed by atoms with Gasteiger partial charge in [0.25, 0.3) is 0 Å². The highest BCUT2D eigenvalue weighted by Crippen LogP contribution is 2.31. The van der Waals surface area contributed by atoms with Gasteiger partial charge in [0.05, 0.1) is 0 Å². The quantitative estimate of drug-likeness (QED) is 0.493. The molecule has 4 nitrogen and oxygen atoms in total. The summed E-state index contributed by atoms with van der Waals surface area (Å²) >= 11 is 18.4. The van der Waals surface area contributed by atoms with Crippen molar-refractivity contribution in [2.75, 3.05) is 5.88 Å². The molecule has 3 atom stereocenters. The van der Waals surface area contributed by atoms with Gasteiger partial charge in [0.15, 0.2) is 0 Å². The molecule has 1 fully saturated rings. The van der Waals surface area contributed by atoms with Gasteiger partial charge < -0.3 is 10.2 Å². The van der Waals surface area contributed by atoms with Crippen LogP contribution >= 0.6 is 34.8 Å². The fourth-order valence-corrected chi connectivity index (χ4v) is 4.65. The second-order valence-corrected chi connectivity index (χ2v) is 9.19. The van der Waals surface area contributed by atoms with Crippen LogP contribution in [0.25, 0.3) is 0 Å². The van der Waals surface area contributed by atoms with Gasteiger partial charge in [0.2, 0.25) is 11.8 Å². The van der Waals surface area contributed by atoms with Crippen molar-refractivity contribution in [1.29, 1.82) is 0 Å². The van der Waals surface area contributed by atoms with E-state index in [1.807, 2.05) is 18.2 Å². The summed E-state index contributed by atoms with van der Waals surface area (Å²) < 4.78 is 0. The van der Waals surface area contributed by atoms with Gasteiger partial charge in [-0.05, 0) is 42.5 Å². The number of halogens is 3. The van der Waals surface area contributed by atoms with Crippen LogP contribution in [-0.4, -0.2) is 28.6 Å². The van der Waals surface area contributed by atoms with Crippen molar-refractivity contribution >= 4 is 46.6 Å². The first-order valence-corrected chi connectivity index (χ1v) is 11.8. The van der Waals surface area contributed by atoms with E-state index < -0.39 is 6.04 Å². The Labute approximate surface area is 198 Å². The molecule has 3 rings (SSSR count). The monoisotopic (exact) mass is 480 g/mol. The minimum absolute atomic E-state index is 0.0784. The van der Waals surface area contributed by atoms with Crippen LogP contribution in [0, 0.1) is 5.92 Å². The SMILES string of the molecule is C[C@@H]1CCCC[C@H]1NC(=O)[C@H](c1ccccc1Cl)N(Cc1ccc(Cl)cc1)C(=O)CCl. The third kappa shape index (κ3) is 6.15. The van der Waals surface area contributed by atoms with Crippen LogP contribution in [0.4, 0.5) is 0 Å². The molecule has 2 aromatic rings. The Hall–Kier alpha value is -1.75. The second kappa shape index (κ2) is 11.2. The lowest BCUT2D eigenvalue weighted by Gasteiger charge is -2.35. The Balaban J connectivity index is 1.97. The predicted octanol–water partition coefficient (Wildman–Crippen LogP) is 6.00. The van der Waals surface area contributed by atoms with Crippen molar-refractivity contribution in [2.24, 2.45) is 5.92 Å². The Bertz CT molecular complexity index is 904. The molecule has 0 unspecified atom stereocenters. The first-order chi connectivity index (χ1) is 14.9. The molecule has 7 heteroatoms. The van der Waals surface area contributed by atoms with Crippen molar-refractivity contribution in [3.05, 3.63) is 69.7 Å². The molecule has 0 bridgehead atoms. The molecule has 0 radical (unpaired) electrons. The number of carbonyl (C=O) groups excluding carboxylic acids is 2. The van der Waals surface area contributed by atoms with E-state index >= 15 is 0 Å². The number of hydrogen-bond acceptors (Lipinski definition) is 2. The molecule has 2 amide bonds. The lowest BCUT2D eigenvalue weighted by molar-refractivity contribution is -0.140. The number of rotatable bonds is 7. The summed E-state index contributed by atoms with van der Waals surface area (Å²) in [6.07, 6.45) is 4.27. The van der Waals surface area contributed by atoms with Crippen LogP contribution in [-0.2, 0) is 16.1 Å². The number of benzene rings is 2. The Morgan fingerprint density at radius 2 is 1.74 bits per heavy atom. The van der Waals surface area contributed by atoms with E-state index in [2.05, 4.69) is 12.2 Å². The molecular weight excluding hydrogens is 455 g/mol. The van der Waals surface area contributed by atoms with Gasteiger partial charge in [-0.2, -0.15) is 0 Å². The zero-order valence-electron chi connectivity index (χ0n) is 17.5. The molecule has 0 saturated heterocycles. The van der Waals surface area contributed by atoms with Gasteiger partial charge >= 0.3 is 0 Å². The molecule has 1 N–H and O–H groups in total. The fourth-order valence-electron chi connectivity index (χ4n) is 4.13. The van der Waals surface area contributed by atoms with Crippen LogP contribution in [0.1, 0.15) is 49.8 Å². The maximum Gasteiger partial charge on any atom is 0.247 e. The minimum Gasteiger partial charge on any atom is -0.351 e. The number of hydrogen-bond donors (Lipinski definition) is 1. The number of carbonyl (C=O) groups is 2. The van der Waals surface area contributed by atoms with E-state index in [0.717, 1.165) is 24.8 Å². The highest BCUT2D eigenvalue weighted by molar-refractivity contribution is 6.32. The van der Waals surface area contributed by atoms with Gasteiger partial charge in [-0.3, -0.25) is 9.59 Å². The van der Waals surface area contributed by atoms with Gasteiger partial charge in [-0.1, -0.05) is 73.3 Å². The Morgan fingerprint density at radius 3 is 2.39 bits per heavy atom. The van der Waals surface area contributed by atoms with Gasteiger partial charge in [-0.15, -0.1) is 11.6 Å². The highest BCUT2D eigenvalue weighted by atomic mass is 35.5. The van der Waals surface area contributed by atoms with E-state index in [4.69, 9.17) is 34.8 Å². The molecule has 1 aliphatic rings. The lowest BCUT2D eigenvalue weighted by Crippen LogP contribution is -2.49. The molecule has 0 spiro atoms. The number of nitrogens with one attached hydrogen (secondary N) is 1. The fraction of sp³-hybridized carbons (Fsp3) is 0.417. The average Bonchev–Trinajstić information content (AvgIpc) is 2.77. The summed E-state index contributed by atoms with van der Waals surface area (Å²) in [7, 11) is 0. The Morgan fingerprint density at radius 1 is 1.06 bits per heavy atom. The van der Waals surface area contributed by atoms with E-state index in [-0.39, 0.29) is 30.3 Å². The van der Waals surface area contributed by atoms with Crippen LogP contribution in [0.15, 0.2) is 48.5 Å². The van der Waals surface area contributed by atoms with Crippen molar-refractivity contribution < 1.29 is 9.59 Å². The first kappa shape index (κ1) is 23.9. The van der Waals surface area contributed by atoms with Gasteiger partial charge in [-0.25, -0.2) is 0 Å². The van der Waals surface area contributed by atoms with Crippen molar-refractivity contribution in [3.8, 4) is 0 Å². The zero-order chi connectivity index (χ0) is 22.4. The van der Waals surface area contributed by atoms with Crippen LogP contribution in [0.2, 0.25) is 10.0 Å². The van der Waals surface area contributed by atoms with E-state index in [9.17, 15) is 9.59 Å². The van der Waals surface area contributed by atoms with Crippen molar-refractivity contribution in [2.45, 2.75) is 51.2 Å². The molecule has 2 aromatic carbocycles.